The molecule has 3 aliphatic heterocycles. The second-order valence-corrected chi connectivity index (χ2v) is 15.5. The van der Waals surface area contributed by atoms with Crippen molar-refractivity contribution >= 4 is 35.2 Å². The number of thioether (sulfide) groups is 1. The molecular formula is C37H53N3O5S. The van der Waals surface area contributed by atoms with E-state index in [4.69, 9.17) is 4.74 Å². The lowest BCUT2D eigenvalue weighted by Crippen LogP contribution is -2.57. The maximum atomic E-state index is 14.9. The van der Waals surface area contributed by atoms with Crippen LogP contribution in [0.25, 0.3) is 0 Å². The fourth-order valence-electron chi connectivity index (χ4n) is 8.69. The second kappa shape index (κ2) is 15.0. The minimum Gasteiger partial charge on any atom is -0.494 e. The molecule has 3 heterocycles. The van der Waals surface area contributed by atoms with Crippen LogP contribution in [0, 0.1) is 11.8 Å². The Balaban J connectivity index is 1.51. The van der Waals surface area contributed by atoms with Crippen LogP contribution in [0.5, 0.6) is 5.75 Å². The van der Waals surface area contributed by atoms with Gasteiger partial charge in [0.2, 0.25) is 17.7 Å². The van der Waals surface area contributed by atoms with E-state index >= 15 is 0 Å². The minimum absolute atomic E-state index is 0.0253. The molecule has 9 heteroatoms. The molecule has 0 aromatic heterocycles. The number of fused-ring (bicyclic) bond motifs is 1. The Labute approximate surface area is 279 Å². The molecule has 2 bridgehead atoms. The van der Waals surface area contributed by atoms with Crippen molar-refractivity contribution in [2.75, 3.05) is 37.7 Å². The highest BCUT2D eigenvalue weighted by Gasteiger charge is 2.77. The molecule has 46 heavy (non-hydrogen) atoms. The number of nitrogens with zero attached hydrogens (tertiary/aromatic N) is 3. The third-order valence-electron chi connectivity index (χ3n) is 10.7. The van der Waals surface area contributed by atoms with Gasteiger partial charge in [0.15, 0.2) is 0 Å². The number of rotatable bonds is 16. The van der Waals surface area contributed by atoms with E-state index in [-0.39, 0.29) is 30.4 Å². The lowest BCUT2D eigenvalue weighted by atomic mass is 9.66. The third kappa shape index (κ3) is 6.38. The molecule has 3 amide bonds. The largest absolute Gasteiger partial charge is 0.494 e. The van der Waals surface area contributed by atoms with E-state index in [1.54, 1.807) is 22.7 Å². The van der Waals surface area contributed by atoms with E-state index in [0.29, 0.717) is 26.2 Å². The molecule has 0 radical (unpaired) electrons. The van der Waals surface area contributed by atoms with Crippen LogP contribution < -0.4 is 9.64 Å². The van der Waals surface area contributed by atoms with Crippen molar-refractivity contribution in [3.05, 3.63) is 49.6 Å². The quantitative estimate of drug-likeness (QED) is 0.175. The Kier molecular flexibility index (Phi) is 11.2. The monoisotopic (exact) mass is 651 g/mol. The van der Waals surface area contributed by atoms with Gasteiger partial charge in [-0.1, -0.05) is 44.3 Å². The molecule has 4 fully saturated rings. The Morgan fingerprint density at radius 1 is 1.02 bits per heavy atom. The van der Waals surface area contributed by atoms with E-state index in [9.17, 15) is 19.5 Å². The first-order valence-corrected chi connectivity index (χ1v) is 18.3. The topological polar surface area (TPSA) is 90.4 Å². The zero-order chi connectivity index (χ0) is 32.9. The summed E-state index contributed by atoms with van der Waals surface area (Å²) in [5.41, 5.74) is 0.743. The number of benzene rings is 1. The van der Waals surface area contributed by atoms with E-state index in [0.717, 1.165) is 75.6 Å². The maximum absolute atomic E-state index is 14.9. The molecule has 252 valence electrons. The van der Waals surface area contributed by atoms with Crippen molar-refractivity contribution in [3.8, 4) is 5.75 Å². The summed E-state index contributed by atoms with van der Waals surface area (Å²) in [5.74, 6) is -0.489. The molecule has 8 nitrogen and oxygen atoms in total. The Hall–Kier alpha value is -2.78. The number of aliphatic hydroxyl groups excluding tert-OH is 1. The molecule has 1 aromatic carbocycles. The van der Waals surface area contributed by atoms with Gasteiger partial charge < -0.3 is 24.5 Å². The SMILES string of the molecule is C=CCN(C(=O)[C@H]1[C@H]2C(=O)N(CCCCCCO)C(C(=O)N(CC=C)C3CCCCC3)C23CC[C@]1(C)S3)c1ccc(OCC)cc1. The predicted octanol–water partition coefficient (Wildman–Crippen LogP) is 5.99. The average Bonchev–Trinajstić information content (AvgIpc) is 3.63. The van der Waals surface area contributed by atoms with Crippen molar-refractivity contribution in [2.24, 2.45) is 11.8 Å². The summed E-state index contributed by atoms with van der Waals surface area (Å²) in [7, 11) is 0. The highest BCUT2D eigenvalue weighted by molar-refractivity contribution is 8.02. The van der Waals surface area contributed by atoms with Crippen LogP contribution in [0.4, 0.5) is 5.69 Å². The molecule has 1 saturated carbocycles. The number of amides is 3. The molecular weight excluding hydrogens is 598 g/mol. The standard InChI is InChI=1S/C37H53N3O5S/c1-5-23-38(28-17-19-29(20-18-28)45-7-3)33(42)30-31-34(43)40(25-13-8-9-14-26-41)32(37(31)22-21-36(30,4)46-37)35(44)39(24-6-2)27-15-11-10-12-16-27/h5-6,17-20,27,30-32,41H,1-2,7-16,21-26H2,3-4H3/t30-,31+,32?,36+,37?/m1/s1. The molecule has 4 aliphatic rings. The lowest BCUT2D eigenvalue weighted by molar-refractivity contribution is -0.144. The number of carbonyl (C=O) groups is 3. The maximum Gasteiger partial charge on any atom is 0.247 e. The molecule has 2 unspecified atom stereocenters. The smallest absolute Gasteiger partial charge is 0.247 e. The number of hydrogen-bond donors (Lipinski definition) is 1. The Morgan fingerprint density at radius 2 is 1.72 bits per heavy atom. The van der Waals surface area contributed by atoms with Gasteiger partial charge in [0, 0.05) is 42.7 Å². The summed E-state index contributed by atoms with van der Waals surface area (Å²) in [4.78, 5) is 50.0. The van der Waals surface area contributed by atoms with E-state index in [1.165, 1.54) is 6.42 Å². The van der Waals surface area contributed by atoms with Crippen LogP contribution in [0.2, 0.25) is 0 Å². The van der Waals surface area contributed by atoms with Crippen molar-refractivity contribution in [2.45, 2.75) is 106 Å². The zero-order valence-electron chi connectivity index (χ0n) is 27.8. The Morgan fingerprint density at radius 3 is 2.37 bits per heavy atom. The summed E-state index contributed by atoms with van der Waals surface area (Å²) < 4.78 is 4.53. The number of likely N-dealkylation sites (tertiary alicyclic amines) is 1. The van der Waals surface area contributed by atoms with Gasteiger partial charge in [-0.05, 0) is 76.6 Å². The number of aliphatic hydroxyl groups is 1. The van der Waals surface area contributed by atoms with E-state index in [1.807, 2.05) is 47.1 Å². The number of hydrogen-bond acceptors (Lipinski definition) is 6. The van der Waals surface area contributed by atoms with E-state index < -0.39 is 27.4 Å². The van der Waals surface area contributed by atoms with Crippen LogP contribution in [-0.4, -0.2) is 87.1 Å². The van der Waals surface area contributed by atoms with Crippen LogP contribution in [0.3, 0.4) is 0 Å². The number of unbranched alkanes of at least 4 members (excludes halogenated alkanes) is 3. The highest BCUT2D eigenvalue weighted by Crippen LogP contribution is 2.71. The van der Waals surface area contributed by atoms with Crippen LogP contribution in [0.1, 0.15) is 84.5 Å². The van der Waals surface area contributed by atoms with Crippen molar-refractivity contribution in [3.63, 3.8) is 0 Å². The second-order valence-electron chi connectivity index (χ2n) is 13.6. The summed E-state index contributed by atoms with van der Waals surface area (Å²) >= 11 is 1.74. The van der Waals surface area contributed by atoms with Gasteiger partial charge in [-0.3, -0.25) is 14.4 Å². The van der Waals surface area contributed by atoms with Crippen molar-refractivity contribution in [1.29, 1.82) is 0 Å². The normalized spacial score (nSPS) is 28.6. The van der Waals surface area contributed by atoms with Gasteiger partial charge in [0.05, 0.1) is 23.2 Å². The first kappa shape index (κ1) is 34.6. The Bertz CT molecular complexity index is 1270. The van der Waals surface area contributed by atoms with Gasteiger partial charge in [-0.2, -0.15) is 0 Å². The molecule has 1 aliphatic carbocycles. The van der Waals surface area contributed by atoms with Gasteiger partial charge in [-0.25, -0.2) is 0 Å². The summed E-state index contributed by atoms with van der Waals surface area (Å²) in [6.45, 7) is 14.0. The van der Waals surface area contributed by atoms with Crippen molar-refractivity contribution < 1.29 is 24.2 Å². The average molecular weight is 652 g/mol. The highest BCUT2D eigenvalue weighted by atomic mass is 32.2. The fourth-order valence-corrected chi connectivity index (χ4v) is 11.0. The van der Waals surface area contributed by atoms with Gasteiger partial charge >= 0.3 is 0 Å². The fraction of sp³-hybridized carbons (Fsp3) is 0.649. The van der Waals surface area contributed by atoms with Gasteiger partial charge in [0.25, 0.3) is 0 Å². The number of carbonyl (C=O) groups excluding carboxylic acids is 3. The number of ether oxygens (including phenoxy) is 1. The first-order chi connectivity index (χ1) is 22.3. The third-order valence-corrected chi connectivity index (χ3v) is 12.7. The molecule has 3 saturated heterocycles. The predicted molar refractivity (Wildman–Crippen MR) is 185 cm³/mol. The molecule has 1 aromatic rings. The zero-order valence-corrected chi connectivity index (χ0v) is 28.6. The van der Waals surface area contributed by atoms with Crippen molar-refractivity contribution in [1.82, 2.24) is 9.80 Å². The van der Waals surface area contributed by atoms with Gasteiger partial charge in [-0.15, -0.1) is 24.9 Å². The van der Waals surface area contributed by atoms with E-state index in [2.05, 4.69) is 20.1 Å². The minimum atomic E-state index is -0.652. The van der Waals surface area contributed by atoms with Gasteiger partial charge in [0.1, 0.15) is 11.8 Å². The molecule has 5 atom stereocenters. The summed E-state index contributed by atoms with van der Waals surface area (Å²) in [6, 6.07) is 7.07. The first-order valence-electron chi connectivity index (χ1n) is 17.4. The van der Waals surface area contributed by atoms with Crippen LogP contribution >= 0.6 is 11.8 Å². The molecule has 5 rings (SSSR count). The molecule has 1 spiro atoms. The van der Waals surface area contributed by atoms with Crippen LogP contribution in [0.15, 0.2) is 49.6 Å². The summed E-state index contributed by atoms with van der Waals surface area (Å²) in [6.07, 6.45) is 13.6. The molecule has 1 N–H and O–H groups in total. The van der Waals surface area contributed by atoms with Crippen LogP contribution in [-0.2, 0) is 14.4 Å². The number of anilines is 1. The lowest BCUT2D eigenvalue weighted by Gasteiger charge is -2.41. The summed E-state index contributed by atoms with van der Waals surface area (Å²) in [5, 5.41) is 9.28.